The Labute approximate surface area is 291 Å². The van der Waals surface area contributed by atoms with Gasteiger partial charge >= 0.3 is 0 Å². The normalized spacial score (nSPS) is 18.4. The van der Waals surface area contributed by atoms with E-state index in [0.29, 0.717) is 55.7 Å². The van der Waals surface area contributed by atoms with E-state index in [1.54, 1.807) is 24.3 Å². The van der Waals surface area contributed by atoms with E-state index < -0.39 is 10.0 Å². The monoisotopic (exact) mass is 700 g/mol. The molecule has 2 aliphatic heterocycles. The number of hydrogen-bond acceptors (Lipinski definition) is 9. The molecule has 3 aliphatic rings. The maximum Gasteiger partial charge on any atom is 0.283 e. The van der Waals surface area contributed by atoms with Gasteiger partial charge in [-0.15, -0.1) is 0 Å². The summed E-state index contributed by atoms with van der Waals surface area (Å²) in [6.45, 7) is 14.1. The van der Waals surface area contributed by atoms with Crippen LogP contribution in [0, 0.1) is 20.8 Å². The minimum Gasteiger partial charge on any atom is -0.377 e. The quantitative estimate of drug-likeness (QED) is 0.196. The molecule has 13 heteroatoms. The third kappa shape index (κ3) is 5.39. The summed E-state index contributed by atoms with van der Waals surface area (Å²) in [4.78, 5) is 15.5. The van der Waals surface area contributed by atoms with Crippen LogP contribution in [0.4, 0.5) is 11.6 Å². The highest BCUT2D eigenvalue weighted by Gasteiger charge is 2.36. The Morgan fingerprint density at radius 3 is 2.49 bits per heavy atom. The maximum absolute atomic E-state index is 13.9. The average molecular weight is 701 g/mol. The van der Waals surface area contributed by atoms with Gasteiger partial charge in [-0.25, -0.2) is 14.6 Å². The third-order valence-corrected chi connectivity index (χ3v) is 12.1. The first-order valence-electron chi connectivity index (χ1n) is 17.1. The molecule has 256 valence electrons. The van der Waals surface area contributed by atoms with E-state index in [4.69, 9.17) is 31.4 Å². The molecule has 1 saturated heterocycles. The Hall–Kier alpha value is -4.00. The van der Waals surface area contributed by atoms with Crippen molar-refractivity contribution in [3.63, 3.8) is 0 Å². The zero-order valence-electron chi connectivity index (χ0n) is 28.6. The standard InChI is InChI=1S/C36H41ClN8O3S/c1-6-44-36(32(37)33(41-44)25-10-11-25)42-16-15-28-27(19-42)35(43-17-18-48-20-23(43)4)39-34(38-28)30-22(3)9-14-29-31(30)24(5)40-45(29)49(46,47)26-12-7-21(2)8-13-26/h7-9,12-14,23,25H,6,10-11,15-20H2,1-5H3/t23-/m1/s1. The predicted octanol–water partition coefficient (Wildman–Crippen LogP) is 6.19. The fourth-order valence-corrected chi connectivity index (χ4v) is 9.03. The number of ether oxygens (including phenoxy) is 1. The second kappa shape index (κ2) is 12.1. The Morgan fingerprint density at radius 1 is 1.00 bits per heavy atom. The van der Waals surface area contributed by atoms with Crippen LogP contribution < -0.4 is 9.80 Å². The van der Waals surface area contributed by atoms with E-state index >= 15 is 0 Å². The molecular formula is C36H41ClN8O3S. The lowest BCUT2D eigenvalue weighted by atomic mass is 9.99. The molecule has 3 aromatic heterocycles. The van der Waals surface area contributed by atoms with Crippen LogP contribution in [0.5, 0.6) is 0 Å². The summed E-state index contributed by atoms with van der Waals surface area (Å²) in [6.07, 6.45) is 2.98. The zero-order valence-corrected chi connectivity index (χ0v) is 30.1. The lowest BCUT2D eigenvalue weighted by Gasteiger charge is -2.38. The second-order valence-corrected chi connectivity index (χ2v) is 15.7. The molecular weight excluding hydrogens is 660 g/mol. The molecule has 2 fully saturated rings. The van der Waals surface area contributed by atoms with Gasteiger partial charge in [0.2, 0.25) is 0 Å². The van der Waals surface area contributed by atoms with Crippen LogP contribution in [0.2, 0.25) is 5.02 Å². The van der Waals surface area contributed by atoms with E-state index in [1.165, 1.54) is 0 Å². The number of rotatable bonds is 7. The van der Waals surface area contributed by atoms with Crippen LogP contribution in [0.15, 0.2) is 41.3 Å². The van der Waals surface area contributed by atoms with Crippen LogP contribution in [0.1, 0.15) is 66.4 Å². The highest BCUT2D eigenvalue weighted by Crippen LogP contribution is 2.46. The first kappa shape index (κ1) is 32.2. The topological polar surface area (TPSA) is 111 Å². The van der Waals surface area contributed by atoms with Crippen LogP contribution in [0.3, 0.4) is 0 Å². The first-order valence-corrected chi connectivity index (χ1v) is 19.0. The number of aromatic nitrogens is 6. The van der Waals surface area contributed by atoms with Crippen molar-refractivity contribution < 1.29 is 13.2 Å². The van der Waals surface area contributed by atoms with E-state index in [9.17, 15) is 8.42 Å². The predicted molar refractivity (Wildman–Crippen MR) is 191 cm³/mol. The Bertz CT molecular complexity index is 2210. The largest absolute Gasteiger partial charge is 0.377 e. The van der Waals surface area contributed by atoms with Gasteiger partial charge in [0.1, 0.15) is 16.7 Å². The van der Waals surface area contributed by atoms with Gasteiger partial charge < -0.3 is 14.5 Å². The van der Waals surface area contributed by atoms with Crippen molar-refractivity contribution in [3.05, 3.63) is 75.2 Å². The van der Waals surface area contributed by atoms with Crippen molar-refractivity contribution in [2.45, 2.75) is 83.8 Å². The summed E-state index contributed by atoms with van der Waals surface area (Å²) in [7, 11) is -3.94. The third-order valence-electron chi connectivity index (χ3n) is 10.1. The summed E-state index contributed by atoms with van der Waals surface area (Å²) in [6, 6.07) is 10.7. The summed E-state index contributed by atoms with van der Waals surface area (Å²) < 4.78 is 36.8. The number of morpholine rings is 1. The molecule has 0 radical (unpaired) electrons. The molecule has 1 saturated carbocycles. The minimum atomic E-state index is -3.94. The van der Waals surface area contributed by atoms with Gasteiger partial charge in [-0.2, -0.15) is 22.7 Å². The average Bonchev–Trinajstić information content (AvgIpc) is 3.80. The molecule has 1 aliphatic carbocycles. The Morgan fingerprint density at radius 2 is 1.78 bits per heavy atom. The fraction of sp³-hybridized carbons (Fsp3) is 0.444. The molecule has 2 aromatic carbocycles. The Balaban J connectivity index is 1.27. The van der Waals surface area contributed by atoms with Crippen molar-refractivity contribution in [1.29, 1.82) is 0 Å². The van der Waals surface area contributed by atoms with Crippen molar-refractivity contribution >= 4 is 44.2 Å². The van der Waals surface area contributed by atoms with Crippen molar-refractivity contribution in [2.75, 3.05) is 36.1 Å². The molecule has 0 N–H and O–H groups in total. The van der Waals surface area contributed by atoms with Crippen molar-refractivity contribution in [2.24, 2.45) is 0 Å². The molecule has 0 spiro atoms. The van der Waals surface area contributed by atoms with E-state index in [-0.39, 0.29) is 10.9 Å². The highest BCUT2D eigenvalue weighted by molar-refractivity contribution is 7.90. The summed E-state index contributed by atoms with van der Waals surface area (Å²) in [5.41, 5.74) is 6.93. The van der Waals surface area contributed by atoms with Crippen LogP contribution in [-0.4, -0.2) is 69.7 Å². The molecule has 0 bridgehead atoms. The molecule has 11 nitrogen and oxygen atoms in total. The van der Waals surface area contributed by atoms with Crippen molar-refractivity contribution in [3.8, 4) is 11.4 Å². The molecule has 5 heterocycles. The van der Waals surface area contributed by atoms with Crippen LogP contribution >= 0.6 is 11.6 Å². The second-order valence-electron chi connectivity index (χ2n) is 13.6. The number of hydrogen-bond donors (Lipinski definition) is 0. The summed E-state index contributed by atoms with van der Waals surface area (Å²) >= 11 is 7.05. The van der Waals surface area contributed by atoms with Crippen molar-refractivity contribution in [1.82, 2.24) is 28.9 Å². The number of fused-ring (bicyclic) bond motifs is 2. The summed E-state index contributed by atoms with van der Waals surface area (Å²) in [5.74, 6) is 2.89. The fourth-order valence-electron chi connectivity index (χ4n) is 7.30. The number of nitrogens with zero attached hydrogens (tertiary/aromatic N) is 8. The smallest absolute Gasteiger partial charge is 0.283 e. The number of anilines is 2. The minimum absolute atomic E-state index is 0.114. The SMILES string of the molecule is CCn1nc(C2CC2)c(Cl)c1N1CCc2nc(-c3c(C)ccc4c3c(C)nn4S(=O)(=O)c3ccc(C)cc3)nc(N3CCOC[C@H]3C)c2C1. The van der Waals surface area contributed by atoms with E-state index in [0.717, 1.165) is 85.7 Å². The van der Waals surface area contributed by atoms with Gasteiger partial charge in [0.05, 0.1) is 46.7 Å². The highest BCUT2D eigenvalue weighted by atomic mass is 35.5. The first-order chi connectivity index (χ1) is 23.6. The Kier molecular flexibility index (Phi) is 7.96. The van der Waals surface area contributed by atoms with Gasteiger partial charge in [-0.1, -0.05) is 35.4 Å². The molecule has 8 rings (SSSR count). The summed E-state index contributed by atoms with van der Waals surface area (Å²) in [5, 5.41) is 11.0. The lowest BCUT2D eigenvalue weighted by molar-refractivity contribution is 0.0984. The maximum atomic E-state index is 13.9. The number of halogens is 1. The van der Waals surface area contributed by atoms with Gasteiger partial charge in [0, 0.05) is 55.0 Å². The molecule has 1 atom stereocenters. The van der Waals surface area contributed by atoms with Gasteiger partial charge in [-0.3, -0.25) is 0 Å². The van der Waals surface area contributed by atoms with E-state index in [1.807, 2.05) is 37.6 Å². The number of benzene rings is 2. The van der Waals surface area contributed by atoms with Gasteiger partial charge in [-0.05, 0) is 71.2 Å². The number of aryl methyl sites for hydroxylation is 4. The molecule has 5 aromatic rings. The van der Waals surface area contributed by atoms with Gasteiger partial charge in [0.15, 0.2) is 5.82 Å². The van der Waals surface area contributed by atoms with Gasteiger partial charge in [0.25, 0.3) is 10.0 Å². The van der Waals surface area contributed by atoms with E-state index in [2.05, 4.69) is 28.7 Å². The van der Waals surface area contributed by atoms with Crippen LogP contribution in [-0.2, 0) is 34.3 Å². The zero-order chi connectivity index (χ0) is 34.2. The van der Waals surface area contributed by atoms with Crippen LogP contribution in [0.25, 0.3) is 22.3 Å². The molecule has 49 heavy (non-hydrogen) atoms. The molecule has 0 amide bonds. The lowest BCUT2D eigenvalue weighted by Crippen LogP contribution is -2.45. The molecule has 0 unspecified atom stereocenters.